The van der Waals surface area contributed by atoms with Crippen LogP contribution in [0.4, 0.5) is 0 Å². The third-order valence-corrected chi connectivity index (χ3v) is 8.65. The van der Waals surface area contributed by atoms with E-state index in [2.05, 4.69) is 27.9 Å². The number of aromatic nitrogens is 1. The smallest absolute Gasteiger partial charge is 0.250 e. The van der Waals surface area contributed by atoms with Gasteiger partial charge in [0.2, 0.25) is 5.91 Å². The van der Waals surface area contributed by atoms with Crippen LogP contribution in [0, 0.1) is 0 Å². The van der Waals surface area contributed by atoms with Crippen LogP contribution in [-0.4, -0.2) is 31.1 Å². The number of hydroxylamine groups is 1. The molecule has 7 nitrogen and oxygen atoms in total. The minimum atomic E-state index is -3.62. The van der Waals surface area contributed by atoms with E-state index in [0.29, 0.717) is 29.2 Å². The number of carbonyl (C=O) groups is 1. The molecule has 9 heteroatoms. The number of unbranched alkanes of at least 4 members (excludes halogenated alkanes) is 3. The van der Waals surface area contributed by atoms with E-state index >= 15 is 0 Å². The highest BCUT2D eigenvalue weighted by molar-refractivity contribution is 7.91. The van der Waals surface area contributed by atoms with Crippen molar-refractivity contribution in [3.63, 3.8) is 0 Å². The molecule has 4 aromatic rings. The minimum absolute atomic E-state index is 0.264. The number of benzene rings is 2. The van der Waals surface area contributed by atoms with Gasteiger partial charge in [0.1, 0.15) is 4.21 Å². The lowest BCUT2D eigenvalue weighted by Gasteiger charge is -2.09. The predicted molar refractivity (Wildman–Crippen MR) is 135 cm³/mol. The summed E-state index contributed by atoms with van der Waals surface area (Å²) in [5.41, 5.74) is 6.39. The first kappa shape index (κ1) is 24.2. The third kappa shape index (κ3) is 5.74. The lowest BCUT2D eigenvalue weighted by atomic mass is 10.0. The second kappa shape index (κ2) is 11.0. The zero-order chi connectivity index (χ0) is 24.0. The van der Waals surface area contributed by atoms with E-state index in [1.807, 2.05) is 42.6 Å². The number of sulfonamides is 1. The van der Waals surface area contributed by atoms with Crippen LogP contribution in [0.1, 0.15) is 32.1 Å². The topological polar surface area (TPSA) is 111 Å². The fraction of sp³-hybridized carbons (Fsp3) is 0.240. The van der Waals surface area contributed by atoms with Crippen molar-refractivity contribution in [1.82, 2.24) is 15.2 Å². The van der Waals surface area contributed by atoms with E-state index in [0.717, 1.165) is 40.4 Å². The maximum atomic E-state index is 12.9. The van der Waals surface area contributed by atoms with Crippen molar-refractivity contribution in [1.29, 1.82) is 0 Å². The summed E-state index contributed by atoms with van der Waals surface area (Å²) < 4.78 is 28.8. The zero-order valence-corrected chi connectivity index (χ0v) is 20.2. The van der Waals surface area contributed by atoms with Crippen LogP contribution in [-0.2, 0) is 14.8 Å². The average molecular weight is 498 g/mol. The highest BCUT2D eigenvalue weighted by Crippen LogP contribution is 2.33. The van der Waals surface area contributed by atoms with Gasteiger partial charge in [-0.3, -0.25) is 10.0 Å². The Morgan fingerprint density at radius 2 is 1.65 bits per heavy atom. The van der Waals surface area contributed by atoms with Gasteiger partial charge in [0.05, 0.1) is 0 Å². The first-order valence-electron chi connectivity index (χ1n) is 11.2. The number of nitrogens with one attached hydrogen (secondary N) is 3. The molecule has 0 aliphatic rings. The van der Waals surface area contributed by atoms with Crippen molar-refractivity contribution in [3.05, 3.63) is 66.2 Å². The Morgan fingerprint density at radius 3 is 2.44 bits per heavy atom. The normalized spacial score (nSPS) is 11.7. The van der Waals surface area contributed by atoms with Crippen molar-refractivity contribution in [2.24, 2.45) is 0 Å². The molecule has 4 N–H and O–H groups in total. The highest BCUT2D eigenvalue weighted by atomic mass is 32.2. The molecule has 4 rings (SSSR count). The highest BCUT2D eigenvalue weighted by Gasteiger charge is 2.20. The number of thiophene rings is 1. The molecule has 0 saturated carbocycles. The standard InChI is InChI=1S/C25H27N3O4S2/c29-24(28-30)5-3-1-2-4-14-27-34(31,32)25-22(13-16-33-25)19-8-6-18(7-9-19)21-11-10-20-12-15-26-23(20)17-21/h6-13,15-17,26-27,30H,1-5,14H2,(H,28,29). The van der Waals surface area contributed by atoms with Crippen LogP contribution in [0.2, 0.25) is 0 Å². The summed E-state index contributed by atoms with van der Waals surface area (Å²) in [5.74, 6) is -0.402. The number of amides is 1. The first-order chi connectivity index (χ1) is 16.5. The number of H-pyrrole nitrogens is 1. The SMILES string of the molecule is O=C(CCCCCCNS(=O)(=O)c1sccc1-c1ccc(-c2ccc3cc[nH]c3c2)cc1)NO. The molecule has 0 unspecified atom stereocenters. The molecule has 0 saturated heterocycles. The van der Waals surface area contributed by atoms with Gasteiger partial charge in [0.25, 0.3) is 10.0 Å². The lowest BCUT2D eigenvalue weighted by molar-refractivity contribution is -0.129. The average Bonchev–Trinajstić information content (AvgIpc) is 3.53. The summed E-state index contributed by atoms with van der Waals surface area (Å²) in [4.78, 5) is 14.2. The van der Waals surface area contributed by atoms with Crippen molar-refractivity contribution in [2.45, 2.75) is 36.3 Å². The largest absolute Gasteiger partial charge is 0.361 e. The Kier molecular flexibility index (Phi) is 7.79. The Bertz CT molecular complexity index is 1360. The van der Waals surface area contributed by atoms with E-state index in [1.54, 1.807) is 10.9 Å². The number of hydrogen-bond acceptors (Lipinski definition) is 5. The van der Waals surface area contributed by atoms with Crippen LogP contribution in [0.3, 0.4) is 0 Å². The van der Waals surface area contributed by atoms with Gasteiger partial charge < -0.3 is 4.98 Å². The Balaban J connectivity index is 1.38. The Labute approximate surface area is 202 Å². The van der Waals surface area contributed by atoms with Gasteiger partial charge >= 0.3 is 0 Å². The van der Waals surface area contributed by atoms with Crippen molar-refractivity contribution in [2.75, 3.05) is 6.54 Å². The van der Waals surface area contributed by atoms with Crippen LogP contribution in [0.15, 0.2) is 70.4 Å². The van der Waals surface area contributed by atoms with Gasteiger partial charge in [-0.15, -0.1) is 11.3 Å². The van der Waals surface area contributed by atoms with Gasteiger partial charge in [0, 0.05) is 30.2 Å². The van der Waals surface area contributed by atoms with Gasteiger partial charge in [-0.1, -0.05) is 49.2 Å². The maximum absolute atomic E-state index is 12.9. The fourth-order valence-corrected chi connectivity index (χ4v) is 6.39. The second-order valence-corrected chi connectivity index (χ2v) is 11.0. The molecule has 2 aromatic heterocycles. The maximum Gasteiger partial charge on any atom is 0.250 e. The van der Waals surface area contributed by atoms with Crippen molar-refractivity contribution >= 4 is 38.2 Å². The molecule has 2 heterocycles. The summed E-state index contributed by atoms with van der Waals surface area (Å²) in [7, 11) is -3.62. The van der Waals surface area contributed by atoms with Gasteiger partial charge in [-0.05, 0) is 58.5 Å². The van der Waals surface area contributed by atoms with E-state index in [1.165, 1.54) is 11.3 Å². The predicted octanol–water partition coefficient (Wildman–Crippen LogP) is 5.30. The summed E-state index contributed by atoms with van der Waals surface area (Å²) in [5, 5.41) is 11.4. The quantitative estimate of drug-likeness (QED) is 0.128. The molecule has 0 spiro atoms. The van der Waals surface area contributed by atoms with Crippen LogP contribution in [0.25, 0.3) is 33.2 Å². The van der Waals surface area contributed by atoms with E-state index < -0.39 is 15.9 Å². The molecule has 0 fully saturated rings. The molecule has 0 bridgehead atoms. The summed E-state index contributed by atoms with van der Waals surface area (Å²) in [6.07, 6.45) is 5.11. The molecule has 0 aliphatic heterocycles. The number of carbonyl (C=O) groups excluding carboxylic acids is 1. The van der Waals surface area contributed by atoms with Gasteiger partial charge in [0.15, 0.2) is 0 Å². The summed E-state index contributed by atoms with van der Waals surface area (Å²) in [6.45, 7) is 0.339. The number of fused-ring (bicyclic) bond motifs is 1. The number of aromatic amines is 1. The number of rotatable bonds is 11. The zero-order valence-electron chi connectivity index (χ0n) is 18.6. The molecule has 1 amide bonds. The van der Waals surface area contributed by atoms with Crippen LogP contribution in [0.5, 0.6) is 0 Å². The molecule has 2 aromatic carbocycles. The van der Waals surface area contributed by atoms with Crippen LogP contribution >= 0.6 is 11.3 Å². The Morgan fingerprint density at radius 1 is 0.912 bits per heavy atom. The fourth-order valence-electron chi connectivity index (χ4n) is 3.88. The molecule has 0 aliphatic carbocycles. The first-order valence-corrected chi connectivity index (χ1v) is 13.5. The lowest BCUT2D eigenvalue weighted by Crippen LogP contribution is -2.24. The molecule has 0 atom stereocenters. The van der Waals surface area contributed by atoms with E-state index in [9.17, 15) is 13.2 Å². The molecular weight excluding hydrogens is 470 g/mol. The van der Waals surface area contributed by atoms with Crippen LogP contribution < -0.4 is 10.2 Å². The monoisotopic (exact) mass is 497 g/mol. The van der Waals surface area contributed by atoms with E-state index in [4.69, 9.17) is 5.21 Å². The second-order valence-electron chi connectivity index (χ2n) is 8.08. The summed E-state index contributed by atoms with van der Waals surface area (Å²) in [6, 6.07) is 18.1. The van der Waals surface area contributed by atoms with Gasteiger partial charge in [-0.2, -0.15) is 0 Å². The third-order valence-electron chi connectivity index (χ3n) is 5.71. The number of hydrogen-bond donors (Lipinski definition) is 4. The van der Waals surface area contributed by atoms with Crippen molar-refractivity contribution < 1.29 is 18.4 Å². The molecule has 34 heavy (non-hydrogen) atoms. The molecular formula is C25H27N3O4S2. The van der Waals surface area contributed by atoms with Gasteiger partial charge in [-0.25, -0.2) is 18.6 Å². The summed E-state index contributed by atoms with van der Waals surface area (Å²) >= 11 is 1.21. The van der Waals surface area contributed by atoms with E-state index in [-0.39, 0.29) is 6.42 Å². The molecule has 178 valence electrons. The van der Waals surface area contributed by atoms with Crippen molar-refractivity contribution in [3.8, 4) is 22.3 Å². The molecule has 0 radical (unpaired) electrons. The minimum Gasteiger partial charge on any atom is -0.361 e. The Hall–Kier alpha value is -2.98.